The zero-order chi connectivity index (χ0) is 18.8. The van der Waals surface area contributed by atoms with Gasteiger partial charge in [-0.05, 0) is 39.5 Å². The van der Waals surface area contributed by atoms with Crippen molar-refractivity contribution in [2.24, 2.45) is 16.5 Å². The molecule has 0 aliphatic carbocycles. The highest BCUT2D eigenvalue weighted by Crippen LogP contribution is 2.19. The van der Waals surface area contributed by atoms with E-state index >= 15 is 0 Å². The van der Waals surface area contributed by atoms with Crippen molar-refractivity contribution in [1.82, 2.24) is 10.2 Å². The molecule has 1 fully saturated rings. The number of nitrogens with one attached hydrogen (secondary N) is 1. The molecule has 0 aromatic rings. The Labute approximate surface area is 150 Å². The third-order valence-corrected chi connectivity index (χ3v) is 4.29. The number of carbonyl (C=O) groups excluding carboxylic acids is 2. The molecule has 144 valence electrons. The largest absolute Gasteiger partial charge is 0.370 e. The Balaban J connectivity index is 2.62. The number of unbranched alkanes of at least 4 members (excludes halogenated alkanes) is 2. The van der Waals surface area contributed by atoms with Gasteiger partial charge in [0.1, 0.15) is 5.78 Å². The van der Waals surface area contributed by atoms with Crippen LogP contribution in [-0.4, -0.2) is 61.1 Å². The van der Waals surface area contributed by atoms with Gasteiger partial charge in [0.25, 0.3) is 0 Å². The molecule has 0 spiro atoms. The summed E-state index contributed by atoms with van der Waals surface area (Å²) in [5.74, 6) is 0.417. The molecule has 0 saturated carbocycles. The van der Waals surface area contributed by atoms with Crippen LogP contribution in [0.4, 0.5) is 0 Å². The third kappa shape index (κ3) is 7.39. The van der Waals surface area contributed by atoms with E-state index in [1.807, 2.05) is 4.90 Å². The predicted octanol–water partition coefficient (Wildman–Crippen LogP) is 0.351. The molecule has 5 N–H and O–H groups in total. The summed E-state index contributed by atoms with van der Waals surface area (Å²) in [6, 6.07) is -0.746. The average molecular weight is 355 g/mol. The maximum absolute atomic E-state index is 12.0. The van der Waals surface area contributed by atoms with Gasteiger partial charge in [-0.3, -0.25) is 9.79 Å². The van der Waals surface area contributed by atoms with Crippen LogP contribution in [-0.2, 0) is 14.3 Å². The number of ketones is 1. The van der Waals surface area contributed by atoms with E-state index in [1.165, 1.54) is 0 Å². The number of nitrogens with two attached hydrogens (primary N) is 2. The van der Waals surface area contributed by atoms with Gasteiger partial charge in [0.05, 0.1) is 12.1 Å². The number of rotatable bonds is 9. The highest BCUT2D eigenvalue weighted by molar-refractivity contribution is 5.82. The Morgan fingerprint density at radius 1 is 1.36 bits per heavy atom. The molecule has 0 radical (unpaired) electrons. The van der Waals surface area contributed by atoms with Crippen LogP contribution in [0.3, 0.4) is 0 Å². The molecule has 8 nitrogen and oxygen atoms in total. The number of nitrogens with zero attached hydrogens (tertiary/aromatic N) is 2. The van der Waals surface area contributed by atoms with Crippen LogP contribution in [0.2, 0.25) is 0 Å². The Kier molecular flexibility index (Phi) is 9.44. The van der Waals surface area contributed by atoms with Gasteiger partial charge in [0, 0.05) is 26.6 Å². The van der Waals surface area contributed by atoms with Crippen LogP contribution in [0.1, 0.15) is 52.4 Å². The number of ether oxygens (including phenoxy) is 1. The lowest BCUT2D eigenvalue weighted by Gasteiger charge is -2.41. The van der Waals surface area contributed by atoms with E-state index in [1.54, 1.807) is 20.9 Å². The van der Waals surface area contributed by atoms with Gasteiger partial charge in [-0.25, -0.2) is 0 Å². The van der Waals surface area contributed by atoms with E-state index in [-0.39, 0.29) is 24.0 Å². The fourth-order valence-electron chi connectivity index (χ4n) is 2.86. The standard InChI is InChI=1S/C17H33N5O3/c1-12(23)8-5-4-6-11-25-16-14(21-15(24)13(2)18)9-7-10-22(16)17(19)20-3/h13-14,16H,4-11,18H2,1-3H3,(H2,19,20)(H,21,24)/t13-,14?,16?/m0/s1. The van der Waals surface area contributed by atoms with Crippen LogP contribution in [0.15, 0.2) is 4.99 Å². The molecule has 1 heterocycles. The van der Waals surface area contributed by atoms with Gasteiger partial charge >= 0.3 is 0 Å². The van der Waals surface area contributed by atoms with Crippen molar-refractivity contribution in [3.8, 4) is 0 Å². The number of Topliss-reactive ketones (excluding diaryl/α,β-unsaturated/α-hetero) is 1. The van der Waals surface area contributed by atoms with E-state index in [0.717, 1.165) is 38.6 Å². The van der Waals surface area contributed by atoms with E-state index < -0.39 is 6.04 Å². The maximum Gasteiger partial charge on any atom is 0.237 e. The Hall–Kier alpha value is -1.67. The van der Waals surface area contributed by atoms with Crippen molar-refractivity contribution >= 4 is 17.6 Å². The van der Waals surface area contributed by atoms with Gasteiger partial charge in [0.15, 0.2) is 12.2 Å². The quantitative estimate of drug-likeness (QED) is 0.311. The van der Waals surface area contributed by atoms with Crippen molar-refractivity contribution in [2.45, 2.75) is 70.7 Å². The summed E-state index contributed by atoms with van der Waals surface area (Å²) < 4.78 is 6.04. The molecule has 1 rings (SSSR count). The normalized spacial score (nSPS) is 22.6. The second-order valence-corrected chi connectivity index (χ2v) is 6.60. The summed E-state index contributed by atoms with van der Waals surface area (Å²) in [7, 11) is 1.64. The fraction of sp³-hybridized carbons (Fsp3) is 0.824. The van der Waals surface area contributed by atoms with Gasteiger partial charge < -0.3 is 31.2 Å². The van der Waals surface area contributed by atoms with Crippen molar-refractivity contribution in [2.75, 3.05) is 20.2 Å². The number of amides is 1. The molecule has 1 amide bonds. The minimum absolute atomic E-state index is 0.176. The SMILES string of the molecule is CN=C(N)N1CCCC(NC(=O)[C@H](C)N)C1OCCCCCC(C)=O. The first-order valence-corrected chi connectivity index (χ1v) is 9.02. The molecule has 25 heavy (non-hydrogen) atoms. The molecule has 3 atom stereocenters. The fourth-order valence-corrected chi connectivity index (χ4v) is 2.86. The van der Waals surface area contributed by atoms with Gasteiger partial charge in [-0.1, -0.05) is 6.42 Å². The topological polar surface area (TPSA) is 123 Å². The summed E-state index contributed by atoms with van der Waals surface area (Å²) in [5.41, 5.74) is 11.7. The maximum atomic E-state index is 12.0. The van der Waals surface area contributed by atoms with Crippen molar-refractivity contribution in [3.05, 3.63) is 0 Å². The van der Waals surface area contributed by atoms with Crippen LogP contribution in [0.25, 0.3) is 0 Å². The second kappa shape index (κ2) is 11.0. The molecule has 0 aromatic carbocycles. The Morgan fingerprint density at radius 2 is 2.08 bits per heavy atom. The lowest BCUT2D eigenvalue weighted by atomic mass is 10.0. The molecular formula is C17H33N5O3. The first-order chi connectivity index (χ1) is 11.9. The lowest BCUT2D eigenvalue weighted by molar-refractivity contribution is -0.127. The van der Waals surface area contributed by atoms with Crippen LogP contribution < -0.4 is 16.8 Å². The number of guanidine groups is 1. The zero-order valence-electron chi connectivity index (χ0n) is 15.7. The predicted molar refractivity (Wildman–Crippen MR) is 98.0 cm³/mol. The first-order valence-electron chi connectivity index (χ1n) is 9.02. The number of carbonyl (C=O) groups is 2. The summed E-state index contributed by atoms with van der Waals surface area (Å²) in [4.78, 5) is 28.9. The molecule has 2 unspecified atom stereocenters. The van der Waals surface area contributed by atoms with Crippen LogP contribution in [0, 0.1) is 0 Å². The number of hydrogen-bond donors (Lipinski definition) is 3. The Morgan fingerprint density at radius 3 is 2.68 bits per heavy atom. The smallest absolute Gasteiger partial charge is 0.237 e. The van der Waals surface area contributed by atoms with Crippen molar-refractivity contribution in [3.63, 3.8) is 0 Å². The highest BCUT2D eigenvalue weighted by atomic mass is 16.5. The Bertz CT molecular complexity index is 467. The van der Waals surface area contributed by atoms with E-state index in [2.05, 4.69) is 10.3 Å². The van der Waals surface area contributed by atoms with Gasteiger partial charge in [0.2, 0.25) is 5.91 Å². The van der Waals surface area contributed by atoms with Gasteiger partial charge in [-0.15, -0.1) is 0 Å². The van der Waals surface area contributed by atoms with E-state index in [9.17, 15) is 9.59 Å². The van der Waals surface area contributed by atoms with Crippen molar-refractivity contribution in [1.29, 1.82) is 0 Å². The summed E-state index contributed by atoms with van der Waals surface area (Å²) in [6.45, 7) is 4.54. The number of likely N-dealkylation sites (tertiary alicyclic amines) is 1. The summed E-state index contributed by atoms with van der Waals surface area (Å²) in [6.07, 6.45) is 4.61. The number of hydrogen-bond acceptors (Lipinski definition) is 5. The molecule has 0 aromatic heterocycles. The minimum Gasteiger partial charge on any atom is -0.370 e. The van der Waals surface area contributed by atoms with Crippen LogP contribution >= 0.6 is 0 Å². The molecule has 1 saturated heterocycles. The van der Waals surface area contributed by atoms with E-state index in [4.69, 9.17) is 16.2 Å². The van der Waals surface area contributed by atoms with E-state index in [0.29, 0.717) is 19.0 Å². The molecular weight excluding hydrogens is 322 g/mol. The van der Waals surface area contributed by atoms with Gasteiger partial charge in [-0.2, -0.15) is 0 Å². The second-order valence-electron chi connectivity index (χ2n) is 6.60. The first kappa shape index (κ1) is 21.4. The molecule has 1 aliphatic rings. The summed E-state index contributed by atoms with van der Waals surface area (Å²) >= 11 is 0. The lowest BCUT2D eigenvalue weighted by Crippen LogP contribution is -2.61. The average Bonchev–Trinajstić information content (AvgIpc) is 2.57. The monoisotopic (exact) mass is 355 g/mol. The zero-order valence-corrected chi connectivity index (χ0v) is 15.7. The molecule has 1 aliphatic heterocycles. The summed E-state index contributed by atoms with van der Waals surface area (Å²) in [5, 5.41) is 2.96. The highest BCUT2D eigenvalue weighted by Gasteiger charge is 2.34. The van der Waals surface area contributed by atoms with Crippen molar-refractivity contribution < 1.29 is 14.3 Å². The number of aliphatic imine (C=N–C) groups is 1. The van der Waals surface area contributed by atoms with Crippen LogP contribution in [0.5, 0.6) is 0 Å². The third-order valence-electron chi connectivity index (χ3n) is 4.29. The molecule has 0 bridgehead atoms. The minimum atomic E-state index is -0.570. The molecule has 8 heteroatoms. The number of piperidine rings is 1.